The first-order valence-electron chi connectivity index (χ1n) is 15.6. The fourth-order valence-corrected chi connectivity index (χ4v) is 5.34. The van der Waals surface area contributed by atoms with Gasteiger partial charge in [0.1, 0.15) is 37.4 Å². The van der Waals surface area contributed by atoms with Crippen molar-refractivity contribution in [3.05, 3.63) is 113 Å². The fourth-order valence-electron chi connectivity index (χ4n) is 5.34. The SMILES string of the molecule is CCC(C)n1ncn(-c2ccc(NCCNc3ccc(OC[C@@H]4CO[C@@](Cn5nccn5)(c5ccccc5)O4)cc3C#N)cc2)c1=O. The van der Waals surface area contributed by atoms with E-state index in [1.165, 1.54) is 4.68 Å². The number of hydrogen-bond donors (Lipinski definition) is 2. The Balaban J connectivity index is 0.996. The number of aromatic nitrogens is 6. The van der Waals surface area contributed by atoms with Crippen molar-refractivity contribution in [3.63, 3.8) is 0 Å². The van der Waals surface area contributed by atoms with E-state index in [0.717, 1.165) is 23.4 Å². The van der Waals surface area contributed by atoms with Gasteiger partial charge in [0.05, 0.1) is 42.0 Å². The molecule has 1 unspecified atom stereocenters. The number of anilines is 2. The molecule has 1 fully saturated rings. The first kappa shape index (κ1) is 31.5. The van der Waals surface area contributed by atoms with E-state index in [1.54, 1.807) is 34.2 Å². The van der Waals surface area contributed by atoms with Crippen LogP contribution in [0.3, 0.4) is 0 Å². The van der Waals surface area contributed by atoms with E-state index in [-0.39, 0.29) is 24.4 Å². The van der Waals surface area contributed by atoms with Gasteiger partial charge in [-0.1, -0.05) is 37.3 Å². The smallest absolute Gasteiger partial charge is 0.350 e. The van der Waals surface area contributed by atoms with Gasteiger partial charge in [0.25, 0.3) is 0 Å². The van der Waals surface area contributed by atoms with Gasteiger partial charge in [0, 0.05) is 24.3 Å². The molecular weight excluding hydrogens is 598 g/mol. The molecule has 0 radical (unpaired) electrons. The van der Waals surface area contributed by atoms with Crippen molar-refractivity contribution in [2.75, 3.05) is 36.9 Å². The molecule has 6 rings (SSSR count). The minimum absolute atomic E-state index is 0.0438. The zero-order valence-electron chi connectivity index (χ0n) is 26.3. The molecule has 2 N–H and O–H groups in total. The third-order valence-electron chi connectivity index (χ3n) is 8.05. The molecule has 5 aromatic rings. The molecule has 13 heteroatoms. The van der Waals surface area contributed by atoms with Crippen LogP contribution in [0, 0.1) is 11.3 Å². The van der Waals surface area contributed by atoms with Crippen molar-refractivity contribution in [2.45, 2.75) is 44.7 Å². The Morgan fingerprint density at radius 3 is 2.55 bits per heavy atom. The molecule has 0 spiro atoms. The molecule has 13 nitrogen and oxygen atoms in total. The van der Waals surface area contributed by atoms with Crippen molar-refractivity contribution in [3.8, 4) is 17.5 Å². The minimum atomic E-state index is -1.03. The van der Waals surface area contributed by atoms with E-state index in [0.29, 0.717) is 43.2 Å². The number of ether oxygens (including phenoxy) is 3. The second kappa shape index (κ2) is 14.3. The van der Waals surface area contributed by atoms with Crippen LogP contribution in [0.5, 0.6) is 5.75 Å². The van der Waals surface area contributed by atoms with Crippen molar-refractivity contribution in [1.29, 1.82) is 5.26 Å². The topological polar surface area (TPSA) is 146 Å². The lowest BCUT2D eigenvalue weighted by Gasteiger charge is -2.28. The van der Waals surface area contributed by atoms with Crippen molar-refractivity contribution >= 4 is 11.4 Å². The molecule has 1 aliphatic rings. The lowest BCUT2D eigenvalue weighted by Crippen LogP contribution is -2.35. The molecule has 1 aliphatic heterocycles. The zero-order valence-corrected chi connectivity index (χ0v) is 26.3. The number of nitriles is 1. The van der Waals surface area contributed by atoms with E-state index < -0.39 is 5.79 Å². The highest BCUT2D eigenvalue weighted by Crippen LogP contribution is 2.36. The molecule has 2 aromatic heterocycles. The summed E-state index contributed by atoms with van der Waals surface area (Å²) >= 11 is 0. The van der Waals surface area contributed by atoms with Gasteiger partial charge in [0.15, 0.2) is 0 Å². The molecule has 3 heterocycles. The van der Waals surface area contributed by atoms with Gasteiger partial charge >= 0.3 is 5.69 Å². The van der Waals surface area contributed by atoms with Gasteiger partial charge in [-0.2, -0.15) is 25.4 Å². The van der Waals surface area contributed by atoms with Crippen LogP contribution in [-0.4, -0.2) is 61.7 Å². The molecular formula is C34H37N9O4. The number of nitrogens with zero attached hydrogens (tertiary/aromatic N) is 7. The van der Waals surface area contributed by atoms with Gasteiger partial charge in [0.2, 0.25) is 5.79 Å². The van der Waals surface area contributed by atoms with Gasteiger partial charge in [-0.05, 0) is 55.8 Å². The summed E-state index contributed by atoms with van der Waals surface area (Å²) in [7, 11) is 0. The summed E-state index contributed by atoms with van der Waals surface area (Å²) in [6.07, 6.45) is 5.28. The Kier molecular flexibility index (Phi) is 9.61. The van der Waals surface area contributed by atoms with Crippen LogP contribution in [0.25, 0.3) is 5.69 Å². The number of benzene rings is 3. The van der Waals surface area contributed by atoms with Crippen LogP contribution in [0.4, 0.5) is 11.4 Å². The average Bonchev–Trinajstić information content (AvgIpc) is 3.87. The first-order valence-corrected chi connectivity index (χ1v) is 15.6. The Morgan fingerprint density at radius 2 is 1.81 bits per heavy atom. The molecule has 3 atom stereocenters. The Morgan fingerprint density at radius 1 is 1.04 bits per heavy atom. The van der Waals surface area contributed by atoms with Gasteiger partial charge in [-0.15, -0.1) is 0 Å². The van der Waals surface area contributed by atoms with Crippen LogP contribution in [0.2, 0.25) is 0 Å². The summed E-state index contributed by atoms with van der Waals surface area (Å²) < 4.78 is 21.7. The van der Waals surface area contributed by atoms with Crippen LogP contribution in [-0.2, 0) is 21.8 Å². The molecule has 0 saturated carbocycles. The second-order valence-electron chi connectivity index (χ2n) is 11.2. The standard InChI is InChI=1S/C34H37N9O4/c1-3-25(2)43-33(44)41(24-40-43)29-11-9-28(10-12-29)36-15-16-37-32-14-13-30(19-26(32)20-35)45-21-31-22-46-34(47-31,23-42-38-17-18-39-42)27-7-5-4-6-8-27/h4-14,17-19,24-25,31,36-37H,3,15-16,21-23H2,1-2H3/t25?,31-,34-/m1/s1. The predicted octanol–water partition coefficient (Wildman–Crippen LogP) is 4.34. The monoisotopic (exact) mass is 635 g/mol. The highest BCUT2D eigenvalue weighted by molar-refractivity contribution is 5.60. The molecule has 47 heavy (non-hydrogen) atoms. The maximum Gasteiger partial charge on any atom is 0.350 e. The van der Waals surface area contributed by atoms with Crippen molar-refractivity contribution in [1.82, 2.24) is 29.3 Å². The Labute approximate surface area is 272 Å². The largest absolute Gasteiger partial charge is 0.491 e. The van der Waals surface area contributed by atoms with Crippen molar-refractivity contribution in [2.24, 2.45) is 0 Å². The fraction of sp³-hybridized carbons (Fsp3) is 0.324. The predicted molar refractivity (Wildman–Crippen MR) is 175 cm³/mol. The third kappa shape index (κ3) is 7.19. The quantitative estimate of drug-likeness (QED) is 0.169. The maximum absolute atomic E-state index is 12.7. The number of rotatable bonds is 14. The minimum Gasteiger partial charge on any atom is -0.491 e. The lowest BCUT2D eigenvalue weighted by atomic mass is 10.1. The van der Waals surface area contributed by atoms with Crippen LogP contribution < -0.4 is 21.1 Å². The maximum atomic E-state index is 12.7. The number of nitrogens with one attached hydrogen (secondary N) is 2. The van der Waals surface area contributed by atoms with Gasteiger partial charge in [-0.25, -0.2) is 14.0 Å². The molecule has 3 aromatic carbocycles. The molecule has 0 aliphatic carbocycles. The summed E-state index contributed by atoms with van der Waals surface area (Å²) in [6.45, 7) is 6.07. The van der Waals surface area contributed by atoms with Crippen LogP contribution in [0.15, 0.2) is 96.3 Å². The normalized spacial score (nSPS) is 18.0. The van der Waals surface area contributed by atoms with Gasteiger partial charge in [-0.3, -0.25) is 0 Å². The van der Waals surface area contributed by atoms with Crippen LogP contribution in [0.1, 0.15) is 37.4 Å². The molecule has 242 valence electrons. The van der Waals surface area contributed by atoms with E-state index in [9.17, 15) is 10.1 Å². The van der Waals surface area contributed by atoms with Crippen LogP contribution >= 0.6 is 0 Å². The Bertz CT molecular complexity index is 1850. The second-order valence-corrected chi connectivity index (χ2v) is 11.2. The highest BCUT2D eigenvalue weighted by Gasteiger charge is 2.44. The van der Waals surface area contributed by atoms with E-state index in [4.69, 9.17) is 14.2 Å². The summed E-state index contributed by atoms with van der Waals surface area (Å²) in [5, 5.41) is 29.2. The summed E-state index contributed by atoms with van der Waals surface area (Å²) in [5.41, 5.74) is 3.57. The van der Waals surface area contributed by atoms with E-state index in [2.05, 4.69) is 32.0 Å². The highest BCUT2D eigenvalue weighted by atomic mass is 16.8. The average molecular weight is 636 g/mol. The first-order chi connectivity index (χ1) is 23.0. The lowest BCUT2D eigenvalue weighted by molar-refractivity contribution is -0.192. The Hall–Kier alpha value is -5.45. The third-order valence-corrected chi connectivity index (χ3v) is 8.05. The summed E-state index contributed by atoms with van der Waals surface area (Å²) in [4.78, 5) is 14.2. The van der Waals surface area contributed by atoms with Gasteiger partial charge < -0.3 is 24.8 Å². The summed E-state index contributed by atoms with van der Waals surface area (Å²) in [5.74, 6) is -0.471. The molecule has 0 amide bonds. The van der Waals surface area contributed by atoms with Crippen molar-refractivity contribution < 1.29 is 14.2 Å². The van der Waals surface area contributed by atoms with E-state index >= 15 is 0 Å². The molecule has 1 saturated heterocycles. The summed E-state index contributed by atoms with van der Waals surface area (Å²) in [6, 6.07) is 25.0. The number of hydrogen-bond acceptors (Lipinski definition) is 10. The van der Waals surface area contributed by atoms with E-state index in [1.807, 2.05) is 80.6 Å². The molecule has 0 bridgehead atoms. The zero-order chi connectivity index (χ0) is 32.6.